The van der Waals surface area contributed by atoms with Crippen LogP contribution in [0.1, 0.15) is 94.0 Å². The van der Waals surface area contributed by atoms with Crippen molar-refractivity contribution in [1.82, 2.24) is 19.8 Å². The molecule has 0 radical (unpaired) electrons. The Hall–Kier alpha value is -7.68. The lowest BCUT2D eigenvalue weighted by Gasteiger charge is -2.39. The van der Waals surface area contributed by atoms with Gasteiger partial charge < -0.3 is 10.2 Å². The number of nitrogens with zero attached hydrogens (tertiary/aromatic N) is 4. The second-order valence-electron chi connectivity index (χ2n) is 15.0. The van der Waals surface area contributed by atoms with Crippen molar-refractivity contribution in [3.05, 3.63) is 165 Å². The maximum atomic E-state index is 14.4. The first kappa shape index (κ1) is 36.6. The van der Waals surface area contributed by atoms with Crippen LogP contribution in [0.2, 0.25) is 0 Å². The summed E-state index contributed by atoms with van der Waals surface area (Å²) in [5.74, 6) is -7.18. The van der Waals surface area contributed by atoms with E-state index in [0.29, 0.717) is 10.0 Å². The SMILES string of the molecule is O=C1c2ccc3c4c(ccc(c24)C(=O)N1C(CO)Cc1ccccc1)C(=O)N(N1C(=O)c2ccc4c5c(ccc(c25)C1=O)C(=O)N(C(CO)Cc1ccccc1)C4=O)C3=O. The summed E-state index contributed by atoms with van der Waals surface area (Å²) in [5.41, 5.74) is 1.08. The summed E-state index contributed by atoms with van der Waals surface area (Å²) < 4.78 is 0. The van der Waals surface area contributed by atoms with Gasteiger partial charge in [-0.2, -0.15) is 10.0 Å². The third kappa shape index (κ3) is 5.01. The Morgan fingerprint density at radius 2 is 0.567 bits per heavy atom. The van der Waals surface area contributed by atoms with E-state index in [0.717, 1.165) is 20.9 Å². The van der Waals surface area contributed by atoms with Crippen molar-refractivity contribution in [2.75, 3.05) is 13.2 Å². The molecular weight excluding hydrogens is 769 g/mol. The molecule has 4 heterocycles. The van der Waals surface area contributed by atoms with Crippen LogP contribution in [-0.4, -0.2) is 103 Å². The molecule has 0 aliphatic carbocycles. The van der Waals surface area contributed by atoms with Crippen molar-refractivity contribution in [3.63, 3.8) is 0 Å². The van der Waals surface area contributed by atoms with E-state index < -0.39 is 72.6 Å². The molecule has 4 aliphatic heterocycles. The third-order valence-electron chi connectivity index (χ3n) is 11.8. The molecule has 2 atom stereocenters. The van der Waals surface area contributed by atoms with E-state index in [9.17, 15) is 48.6 Å². The molecule has 8 amide bonds. The first-order valence-corrected chi connectivity index (χ1v) is 19.1. The molecule has 0 fully saturated rings. The topological polar surface area (TPSA) is 190 Å². The molecule has 14 heteroatoms. The van der Waals surface area contributed by atoms with Crippen molar-refractivity contribution in [1.29, 1.82) is 0 Å². The predicted molar refractivity (Wildman–Crippen MR) is 212 cm³/mol. The molecule has 6 aromatic carbocycles. The number of hydrogen-bond acceptors (Lipinski definition) is 10. The molecular formula is C46H30N4O10. The van der Waals surface area contributed by atoms with Gasteiger partial charge in [0, 0.05) is 43.8 Å². The number of imide groups is 4. The fourth-order valence-electron chi connectivity index (χ4n) is 9.04. The first-order chi connectivity index (χ1) is 29.0. The first-order valence-electron chi connectivity index (χ1n) is 19.1. The van der Waals surface area contributed by atoms with Gasteiger partial charge in [0.1, 0.15) is 0 Å². The van der Waals surface area contributed by atoms with Crippen molar-refractivity contribution in [2.45, 2.75) is 24.9 Å². The summed E-state index contributed by atoms with van der Waals surface area (Å²) in [6, 6.07) is 26.8. The maximum absolute atomic E-state index is 14.4. The van der Waals surface area contributed by atoms with E-state index in [2.05, 4.69) is 0 Å². The number of aliphatic hydroxyl groups is 2. The molecule has 0 saturated carbocycles. The number of aliphatic hydroxyl groups excluding tert-OH is 2. The highest BCUT2D eigenvalue weighted by molar-refractivity contribution is 6.37. The number of carbonyl (C=O) groups is 8. The zero-order valence-corrected chi connectivity index (χ0v) is 31.3. The van der Waals surface area contributed by atoms with Crippen LogP contribution in [0.3, 0.4) is 0 Å². The van der Waals surface area contributed by atoms with Gasteiger partial charge in [0.05, 0.1) is 47.6 Å². The van der Waals surface area contributed by atoms with Crippen LogP contribution in [0.5, 0.6) is 0 Å². The maximum Gasteiger partial charge on any atom is 0.281 e. The Balaban J connectivity index is 1.01. The molecule has 14 nitrogen and oxygen atoms in total. The molecule has 10 rings (SSSR count). The number of hydrazine groups is 1. The Kier molecular flexibility index (Phi) is 8.21. The quantitative estimate of drug-likeness (QED) is 0.201. The second kappa shape index (κ2) is 13.4. The monoisotopic (exact) mass is 798 g/mol. The lowest BCUT2D eigenvalue weighted by atomic mass is 9.84. The van der Waals surface area contributed by atoms with E-state index >= 15 is 0 Å². The predicted octanol–water partition coefficient (Wildman–Crippen LogP) is 4.20. The standard InChI is InChI=1S/C46H30N4O10/c51-21-25(19-23-7-3-1-4-8-23)47-39(53)27-11-15-31-37-32(16-12-28(35(27)37)40(47)54)44(58)49(43(31)57)50-45(59)33-17-13-29-36-30(14-18-34(38(33)36)46(50)60)42(56)48(41(29)55)26(22-52)20-24-9-5-2-6-10-24/h1-18,25-26,51-52H,19-22H2. The van der Waals surface area contributed by atoms with Crippen molar-refractivity contribution in [2.24, 2.45) is 0 Å². The van der Waals surface area contributed by atoms with Gasteiger partial charge in [-0.3, -0.25) is 48.2 Å². The van der Waals surface area contributed by atoms with Crippen LogP contribution >= 0.6 is 0 Å². The van der Waals surface area contributed by atoms with Gasteiger partial charge in [0.2, 0.25) is 0 Å². The van der Waals surface area contributed by atoms with E-state index in [-0.39, 0.29) is 78.9 Å². The van der Waals surface area contributed by atoms with Gasteiger partial charge >= 0.3 is 0 Å². The highest BCUT2D eigenvalue weighted by atomic mass is 16.3. The molecule has 60 heavy (non-hydrogen) atoms. The Bertz CT molecular complexity index is 2660. The van der Waals surface area contributed by atoms with E-state index in [4.69, 9.17) is 0 Å². The second-order valence-corrected chi connectivity index (χ2v) is 15.0. The van der Waals surface area contributed by atoms with Crippen LogP contribution in [0.15, 0.2) is 109 Å². The summed E-state index contributed by atoms with van der Waals surface area (Å²) in [7, 11) is 0. The van der Waals surface area contributed by atoms with Gasteiger partial charge in [-0.15, -0.1) is 0 Å². The van der Waals surface area contributed by atoms with E-state index in [1.54, 1.807) is 24.3 Å². The van der Waals surface area contributed by atoms with Crippen molar-refractivity contribution >= 4 is 68.8 Å². The average molecular weight is 799 g/mol. The highest BCUT2D eigenvalue weighted by Crippen LogP contribution is 2.42. The number of benzene rings is 6. The molecule has 0 bridgehead atoms. The highest BCUT2D eigenvalue weighted by Gasteiger charge is 2.49. The summed E-state index contributed by atoms with van der Waals surface area (Å²) in [5, 5.41) is 21.7. The summed E-state index contributed by atoms with van der Waals surface area (Å²) in [6.45, 7) is -1.04. The largest absolute Gasteiger partial charge is 0.394 e. The smallest absolute Gasteiger partial charge is 0.281 e. The van der Waals surface area contributed by atoms with Crippen LogP contribution in [0, 0.1) is 0 Å². The number of rotatable bonds is 9. The zero-order valence-electron chi connectivity index (χ0n) is 31.3. The minimum Gasteiger partial charge on any atom is -0.394 e. The summed E-state index contributed by atoms with van der Waals surface area (Å²) in [6.07, 6.45) is 0.355. The fraction of sp³-hybridized carbons (Fsp3) is 0.130. The van der Waals surface area contributed by atoms with E-state index in [1.807, 2.05) is 36.4 Å². The molecule has 6 aromatic rings. The molecule has 0 spiro atoms. The number of carbonyl (C=O) groups excluding carboxylic acids is 8. The fourth-order valence-corrected chi connectivity index (χ4v) is 9.04. The Morgan fingerprint density at radius 3 is 0.800 bits per heavy atom. The van der Waals surface area contributed by atoms with Gasteiger partial charge in [-0.1, -0.05) is 60.7 Å². The normalized spacial score (nSPS) is 16.8. The van der Waals surface area contributed by atoms with Gasteiger partial charge in [0.15, 0.2) is 0 Å². The Morgan fingerprint density at radius 1 is 0.333 bits per heavy atom. The van der Waals surface area contributed by atoms with Gasteiger partial charge in [-0.25, -0.2) is 0 Å². The molecule has 2 N–H and O–H groups in total. The molecule has 294 valence electrons. The van der Waals surface area contributed by atoms with Crippen LogP contribution in [0.4, 0.5) is 0 Å². The Labute approximate surface area is 339 Å². The summed E-state index contributed by atoms with van der Waals surface area (Å²) >= 11 is 0. The number of amides is 8. The number of hydrogen-bond donors (Lipinski definition) is 2. The molecule has 4 aliphatic rings. The van der Waals surface area contributed by atoms with E-state index in [1.165, 1.54) is 48.5 Å². The zero-order chi connectivity index (χ0) is 41.7. The minimum absolute atomic E-state index is 0.00655. The van der Waals surface area contributed by atoms with Crippen molar-refractivity contribution < 1.29 is 48.6 Å². The lowest BCUT2D eigenvalue weighted by molar-refractivity contribution is 0.00211. The van der Waals surface area contributed by atoms with Crippen LogP contribution < -0.4 is 0 Å². The van der Waals surface area contributed by atoms with Crippen molar-refractivity contribution in [3.8, 4) is 0 Å². The molecule has 0 aromatic heterocycles. The summed E-state index contributed by atoms with van der Waals surface area (Å²) in [4.78, 5) is 116. The van der Waals surface area contributed by atoms with Crippen LogP contribution in [-0.2, 0) is 12.8 Å². The van der Waals surface area contributed by atoms with Crippen LogP contribution in [0.25, 0.3) is 21.5 Å². The molecule has 2 unspecified atom stereocenters. The lowest BCUT2D eigenvalue weighted by Crippen LogP contribution is -2.58. The van der Waals surface area contributed by atoms with Gasteiger partial charge in [-0.05, 0) is 72.5 Å². The third-order valence-corrected chi connectivity index (χ3v) is 11.8. The van der Waals surface area contributed by atoms with Gasteiger partial charge in [0.25, 0.3) is 47.3 Å². The minimum atomic E-state index is -1.07. The molecule has 0 saturated heterocycles. The average Bonchev–Trinajstić information content (AvgIpc) is 3.26.